The highest BCUT2D eigenvalue weighted by atomic mass is 16.3. The molecule has 0 fully saturated rings. The number of rotatable bonds is 4. The Morgan fingerprint density at radius 1 is 1.18 bits per heavy atom. The van der Waals surface area contributed by atoms with Gasteiger partial charge in [0.25, 0.3) is 0 Å². The van der Waals surface area contributed by atoms with Crippen molar-refractivity contribution in [2.45, 2.75) is 52.2 Å². The van der Waals surface area contributed by atoms with Crippen LogP contribution in [0.4, 0.5) is 0 Å². The molecule has 116 valence electrons. The first-order valence-electron chi connectivity index (χ1n) is 7.39. The highest BCUT2D eigenvalue weighted by Crippen LogP contribution is 2.29. The van der Waals surface area contributed by atoms with Crippen LogP contribution in [0.1, 0.15) is 50.1 Å². The SMILES string of the molecule is Cc1cncn1Cc1cc(C(C)(C)O)cc(C(C)(C)C#N)c1. The van der Waals surface area contributed by atoms with E-state index in [1.54, 1.807) is 20.2 Å². The van der Waals surface area contributed by atoms with Crippen molar-refractivity contribution < 1.29 is 5.11 Å². The maximum Gasteiger partial charge on any atom is 0.0951 e. The number of nitrogens with zero attached hydrogens (tertiary/aromatic N) is 3. The Morgan fingerprint density at radius 3 is 2.32 bits per heavy atom. The van der Waals surface area contributed by atoms with Crippen molar-refractivity contribution >= 4 is 0 Å². The van der Waals surface area contributed by atoms with Gasteiger partial charge in [-0.25, -0.2) is 4.98 Å². The van der Waals surface area contributed by atoms with Gasteiger partial charge in [-0.15, -0.1) is 0 Å². The molecule has 2 rings (SSSR count). The summed E-state index contributed by atoms with van der Waals surface area (Å²) in [6.07, 6.45) is 3.61. The molecular weight excluding hydrogens is 274 g/mol. The summed E-state index contributed by atoms with van der Waals surface area (Å²) in [5, 5.41) is 19.8. The Bertz CT molecular complexity index is 715. The number of imidazole rings is 1. The number of aryl methyl sites for hydroxylation is 1. The summed E-state index contributed by atoms with van der Waals surface area (Å²) in [6, 6.07) is 8.29. The second-order valence-corrected chi connectivity index (χ2v) is 6.88. The molecule has 1 aromatic heterocycles. The largest absolute Gasteiger partial charge is 0.386 e. The molecule has 0 radical (unpaired) electrons. The van der Waals surface area contributed by atoms with Crippen LogP contribution < -0.4 is 0 Å². The molecule has 0 amide bonds. The van der Waals surface area contributed by atoms with Crippen molar-refractivity contribution in [1.29, 1.82) is 5.26 Å². The number of hydrogen-bond acceptors (Lipinski definition) is 3. The van der Waals surface area contributed by atoms with Crippen molar-refractivity contribution in [2.24, 2.45) is 0 Å². The second kappa shape index (κ2) is 5.58. The van der Waals surface area contributed by atoms with Crippen LogP contribution in [0, 0.1) is 18.3 Å². The molecule has 22 heavy (non-hydrogen) atoms. The van der Waals surface area contributed by atoms with Crippen LogP contribution in [0.3, 0.4) is 0 Å². The first kappa shape index (κ1) is 16.3. The molecule has 0 spiro atoms. The average Bonchev–Trinajstić information content (AvgIpc) is 2.83. The summed E-state index contributed by atoms with van der Waals surface area (Å²) in [5.41, 5.74) is 2.33. The molecule has 0 aliphatic carbocycles. The van der Waals surface area contributed by atoms with Crippen LogP contribution in [0.2, 0.25) is 0 Å². The predicted molar refractivity (Wildman–Crippen MR) is 86.4 cm³/mol. The lowest BCUT2D eigenvalue weighted by molar-refractivity contribution is 0.0784. The van der Waals surface area contributed by atoms with Crippen molar-refractivity contribution in [2.75, 3.05) is 0 Å². The Labute approximate surface area is 132 Å². The fourth-order valence-corrected chi connectivity index (χ4v) is 2.31. The van der Waals surface area contributed by atoms with Gasteiger partial charge in [-0.1, -0.05) is 18.2 Å². The van der Waals surface area contributed by atoms with E-state index in [-0.39, 0.29) is 0 Å². The summed E-state index contributed by atoms with van der Waals surface area (Å²) in [7, 11) is 0. The van der Waals surface area contributed by atoms with E-state index < -0.39 is 11.0 Å². The Kier molecular flexibility index (Phi) is 4.12. The molecule has 2 aromatic rings. The topological polar surface area (TPSA) is 61.8 Å². The zero-order valence-corrected chi connectivity index (χ0v) is 13.9. The predicted octanol–water partition coefficient (Wildman–Crippen LogP) is 3.27. The molecule has 0 atom stereocenters. The summed E-state index contributed by atoms with van der Waals surface area (Å²) >= 11 is 0. The summed E-state index contributed by atoms with van der Waals surface area (Å²) in [4.78, 5) is 4.14. The molecule has 0 aliphatic rings. The quantitative estimate of drug-likeness (QED) is 0.942. The average molecular weight is 297 g/mol. The Morgan fingerprint density at radius 2 is 1.82 bits per heavy atom. The van der Waals surface area contributed by atoms with Gasteiger partial charge in [0.2, 0.25) is 0 Å². The third-order valence-corrected chi connectivity index (χ3v) is 3.97. The number of aliphatic hydroxyl groups is 1. The van der Waals surface area contributed by atoms with Crippen LogP contribution in [0.15, 0.2) is 30.7 Å². The van der Waals surface area contributed by atoms with Gasteiger partial charge in [-0.2, -0.15) is 5.26 Å². The van der Waals surface area contributed by atoms with Gasteiger partial charge in [-0.05, 0) is 51.3 Å². The van der Waals surface area contributed by atoms with E-state index in [4.69, 9.17) is 0 Å². The van der Waals surface area contributed by atoms with Crippen LogP contribution in [0.5, 0.6) is 0 Å². The number of aromatic nitrogens is 2. The Balaban J connectivity index is 2.52. The van der Waals surface area contributed by atoms with Gasteiger partial charge in [-0.3, -0.25) is 0 Å². The molecule has 1 heterocycles. The van der Waals surface area contributed by atoms with Crippen molar-refractivity contribution in [1.82, 2.24) is 9.55 Å². The van der Waals surface area contributed by atoms with Crippen LogP contribution >= 0.6 is 0 Å². The molecule has 0 bridgehead atoms. The number of hydrogen-bond donors (Lipinski definition) is 1. The minimum Gasteiger partial charge on any atom is -0.386 e. The molecule has 0 aliphatic heterocycles. The summed E-state index contributed by atoms with van der Waals surface area (Å²) in [6.45, 7) is 9.98. The van der Waals surface area contributed by atoms with E-state index >= 15 is 0 Å². The second-order valence-electron chi connectivity index (χ2n) is 6.88. The zero-order chi connectivity index (χ0) is 16.5. The zero-order valence-electron chi connectivity index (χ0n) is 13.9. The minimum atomic E-state index is -0.944. The van der Waals surface area contributed by atoms with E-state index in [0.29, 0.717) is 6.54 Å². The molecule has 0 saturated heterocycles. The highest BCUT2D eigenvalue weighted by molar-refractivity contribution is 5.39. The van der Waals surface area contributed by atoms with Gasteiger partial charge in [0.1, 0.15) is 0 Å². The van der Waals surface area contributed by atoms with E-state index in [1.807, 2.05) is 49.7 Å². The van der Waals surface area contributed by atoms with Gasteiger partial charge in [0.15, 0.2) is 0 Å². The molecule has 0 unspecified atom stereocenters. The van der Waals surface area contributed by atoms with Crippen LogP contribution in [-0.4, -0.2) is 14.7 Å². The monoisotopic (exact) mass is 297 g/mol. The third-order valence-electron chi connectivity index (χ3n) is 3.97. The third kappa shape index (κ3) is 3.37. The Hall–Kier alpha value is -2.12. The smallest absolute Gasteiger partial charge is 0.0951 e. The van der Waals surface area contributed by atoms with Gasteiger partial charge in [0, 0.05) is 18.4 Å². The molecule has 4 heteroatoms. The fraction of sp³-hybridized carbons (Fsp3) is 0.444. The maximum atomic E-state index is 10.4. The minimum absolute atomic E-state index is 0.597. The van der Waals surface area contributed by atoms with Crippen LogP contribution in [0.25, 0.3) is 0 Å². The van der Waals surface area contributed by atoms with Crippen molar-refractivity contribution in [3.63, 3.8) is 0 Å². The van der Waals surface area contributed by atoms with Crippen molar-refractivity contribution in [3.8, 4) is 6.07 Å². The van der Waals surface area contributed by atoms with Gasteiger partial charge in [0.05, 0.1) is 23.4 Å². The molecule has 1 aromatic carbocycles. The van der Waals surface area contributed by atoms with Gasteiger partial charge >= 0.3 is 0 Å². The van der Waals surface area contributed by atoms with E-state index in [0.717, 1.165) is 22.4 Å². The molecular formula is C18H23N3O. The molecule has 1 N–H and O–H groups in total. The van der Waals surface area contributed by atoms with E-state index in [9.17, 15) is 10.4 Å². The fourth-order valence-electron chi connectivity index (χ4n) is 2.31. The normalized spacial score (nSPS) is 12.2. The van der Waals surface area contributed by atoms with E-state index in [2.05, 4.69) is 11.1 Å². The van der Waals surface area contributed by atoms with Crippen molar-refractivity contribution in [3.05, 3.63) is 53.1 Å². The highest BCUT2D eigenvalue weighted by Gasteiger charge is 2.24. The standard InChI is InChI=1S/C18H23N3O/c1-13-9-20-12-21(13)10-14-6-15(17(2,3)11-19)8-16(7-14)18(4,5)22/h6-9,12,22H,10H2,1-5H3. The lowest BCUT2D eigenvalue weighted by Gasteiger charge is -2.24. The lowest BCUT2D eigenvalue weighted by atomic mass is 9.82. The van der Waals surface area contributed by atoms with Gasteiger partial charge < -0.3 is 9.67 Å². The molecule has 0 saturated carbocycles. The van der Waals surface area contributed by atoms with Crippen LogP contribution in [-0.2, 0) is 17.6 Å². The maximum absolute atomic E-state index is 10.4. The molecule has 4 nitrogen and oxygen atoms in total. The summed E-state index contributed by atoms with van der Waals surface area (Å²) < 4.78 is 2.05. The van der Waals surface area contributed by atoms with E-state index in [1.165, 1.54) is 0 Å². The first-order valence-corrected chi connectivity index (χ1v) is 7.39. The first-order chi connectivity index (χ1) is 10.1. The number of nitriles is 1. The summed E-state index contributed by atoms with van der Waals surface area (Å²) in [5.74, 6) is 0. The lowest BCUT2D eigenvalue weighted by Crippen LogP contribution is -2.20. The number of benzene rings is 1.